The standard InChI is InChI=1S/C12H13N4O4/c17-9-5-10(13-6-9)12-14-11(15-20-12)7-2-1-3-8(4-7)16(18)19/h1-4,9-10,13,17-18H,5-6H2/q-1. The molecule has 3 rings (SSSR count). The molecule has 8 nitrogen and oxygen atoms in total. The predicted molar refractivity (Wildman–Crippen MR) is 68.7 cm³/mol. The van der Waals surface area contributed by atoms with E-state index in [1.54, 1.807) is 12.1 Å². The Morgan fingerprint density at radius 3 is 3.00 bits per heavy atom. The van der Waals surface area contributed by atoms with Gasteiger partial charge in [0.2, 0.25) is 11.7 Å². The van der Waals surface area contributed by atoms with E-state index < -0.39 is 6.10 Å². The van der Waals surface area contributed by atoms with Crippen molar-refractivity contribution in [2.24, 2.45) is 0 Å². The van der Waals surface area contributed by atoms with Crippen LogP contribution in [0.3, 0.4) is 0 Å². The monoisotopic (exact) mass is 277 g/mol. The summed E-state index contributed by atoms with van der Waals surface area (Å²) in [6.45, 7) is 0.494. The Morgan fingerprint density at radius 2 is 2.30 bits per heavy atom. The van der Waals surface area contributed by atoms with Crippen molar-refractivity contribution >= 4 is 5.69 Å². The Hall–Kier alpha value is -2.00. The maximum absolute atomic E-state index is 10.8. The SMILES string of the molecule is [O-]N(O)c1cccc(-c2noc(C3CC(O)CN3)n2)c1. The fraction of sp³-hybridized carbons (Fsp3) is 0.333. The maximum atomic E-state index is 10.8. The fourth-order valence-corrected chi connectivity index (χ4v) is 2.16. The van der Waals surface area contributed by atoms with Crippen LogP contribution in [0.2, 0.25) is 0 Å². The molecule has 2 heterocycles. The van der Waals surface area contributed by atoms with Crippen LogP contribution in [-0.2, 0) is 0 Å². The van der Waals surface area contributed by atoms with Crippen LogP contribution >= 0.6 is 0 Å². The lowest BCUT2D eigenvalue weighted by atomic mass is 10.2. The van der Waals surface area contributed by atoms with Gasteiger partial charge in [0.1, 0.15) is 0 Å². The third kappa shape index (κ3) is 2.49. The maximum Gasteiger partial charge on any atom is 0.244 e. The van der Waals surface area contributed by atoms with Gasteiger partial charge in [-0.15, -0.1) is 0 Å². The minimum absolute atomic E-state index is 0.0864. The molecule has 0 amide bonds. The fourth-order valence-electron chi connectivity index (χ4n) is 2.16. The summed E-state index contributed by atoms with van der Waals surface area (Å²) in [6, 6.07) is 6.08. The van der Waals surface area contributed by atoms with Crippen LogP contribution in [0.25, 0.3) is 11.4 Å². The molecule has 106 valence electrons. The van der Waals surface area contributed by atoms with Crippen LogP contribution in [0.5, 0.6) is 0 Å². The molecule has 1 aliphatic heterocycles. The zero-order valence-corrected chi connectivity index (χ0v) is 10.4. The second-order valence-electron chi connectivity index (χ2n) is 4.63. The lowest BCUT2D eigenvalue weighted by Crippen LogP contribution is -2.15. The van der Waals surface area contributed by atoms with Gasteiger partial charge in [0, 0.05) is 12.1 Å². The number of β-amino-alcohol motifs (C(OH)–C–C–N with tert-alkyl or cyclic N) is 1. The molecule has 3 N–H and O–H groups in total. The number of aliphatic hydroxyl groups excluding tert-OH is 1. The molecule has 2 unspecified atom stereocenters. The second-order valence-corrected chi connectivity index (χ2v) is 4.63. The molecule has 1 aliphatic rings. The Labute approximate surface area is 114 Å². The highest BCUT2D eigenvalue weighted by atomic mass is 16.8. The van der Waals surface area contributed by atoms with E-state index in [-0.39, 0.29) is 17.0 Å². The van der Waals surface area contributed by atoms with Gasteiger partial charge in [0.25, 0.3) is 0 Å². The molecule has 1 fully saturated rings. The van der Waals surface area contributed by atoms with Gasteiger partial charge >= 0.3 is 0 Å². The normalized spacial score (nSPS) is 22.1. The van der Waals surface area contributed by atoms with Gasteiger partial charge < -0.3 is 25.4 Å². The Balaban J connectivity index is 1.84. The molecule has 20 heavy (non-hydrogen) atoms. The third-order valence-corrected chi connectivity index (χ3v) is 3.17. The van der Waals surface area contributed by atoms with Crippen molar-refractivity contribution < 1.29 is 14.8 Å². The first-order valence-corrected chi connectivity index (χ1v) is 6.15. The zero-order valence-electron chi connectivity index (χ0n) is 10.4. The highest BCUT2D eigenvalue weighted by molar-refractivity contribution is 5.62. The number of rotatable bonds is 3. The number of nitrogens with one attached hydrogen (secondary N) is 1. The molecule has 1 aromatic carbocycles. The molecule has 0 radical (unpaired) electrons. The first-order chi connectivity index (χ1) is 9.63. The van der Waals surface area contributed by atoms with Gasteiger partial charge in [0.15, 0.2) is 0 Å². The lowest BCUT2D eigenvalue weighted by molar-refractivity contribution is 0.191. The van der Waals surface area contributed by atoms with Crippen LogP contribution in [0, 0.1) is 5.21 Å². The summed E-state index contributed by atoms with van der Waals surface area (Å²) in [5.41, 5.74) is 0.647. The quantitative estimate of drug-likeness (QED) is 0.706. The molecule has 2 atom stereocenters. The molecule has 0 bridgehead atoms. The van der Waals surface area contributed by atoms with E-state index in [1.807, 2.05) is 0 Å². The van der Waals surface area contributed by atoms with E-state index in [0.717, 1.165) is 0 Å². The van der Waals surface area contributed by atoms with E-state index in [0.29, 0.717) is 30.2 Å². The highest BCUT2D eigenvalue weighted by Gasteiger charge is 2.28. The molecule has 1 saturated heterocycles. The number of aliphatic hydroxyl groups is 1. The molecule has 0 saturated carbocycles. The Morgan fingerprint density at radius 1 is 1.45 bits per heavy atom. The number of anilines is 1. The zero-order chi connectivity index (χ0) is 14.1. The van der Waals surface area contributed by atoms with Gasteiger partial charge in [-0.3, -0.25) is 5.21 Å². The number of hydrogen-bond donors (Lipinski definition) is 3. The summed E-state index contributed by atoms with van der Waals surface area (Å²) >= 11 is 0. The van der Waals surface area contributed by atoms with E-state index >= 15 is 0 Å². The Bertz CT molecular complexity index is 601. The van der Waals surface area contributed by atoms with Crippen molar-refractivity contribution in [3.8, 4) is 11.4 Å². The summed E-state index contributed by atoms with van der Waals surface area (Å²) in [4.78, 5) is 4.24. The molecular formula is C12H13N4O4-. The third-order valence-electron chi connectivity index (χ3n) is 3.17. The second kappa shape index (κ2) is 5.17. The van der Waals surface area contributed by atoms with Crippen LogP contribution in [-0.4, -0.2) is 33.1 Å². The first-order valence-electron chi connectivity index (χ1n) is 6.15. The first kappa shape index (κ1) is 13.0. The van der Waals surface area contributed by atoms with Gasteiger partial charge in [-0.05, 0) is 18.6 Å². The molecule has 8 heteroatoms. The predicted octanol–water partition coefficient (Wildman–Crippen LogP) is 0.825. The number of aromatic nitrogens is 2. The largest absolute Gasteiger partial charge is 0.733 e. The topological polar surface area (TPSA) is 118 Å². The summed E-state index contributed by atoms with van der Waals surface area (Å²) in [5, 5.41) is 35.9. The van der Waals surface area contributed by atoms with Crippen molar-refractivity contribution in [1.82, 2.24) is 15.5 Å². The van der Waals surface area contributed by atoms with Crippen LogP contribution in [0.4, 0.5) is 5.69 Å². The summed E-state index contributed by atoms with van der Waals surface area (Å²) < 4.78 is 5.16. The van der Waals surface area contributed by atoms with E-state index in [4.69, 9.17) is 9.73 Å². The summed E-state index contributed by atoms with van der Waals surface area (Å²) in [7, 11) is 0. The number of benzene rings is 1. The summed E-state index contributed by atoms with van der Waals surface area (Å²) in [5.74, 6) is 0.719. The van der Waals surface area contributed by atoms with Crippen LogP contribution in [0.15, 0.2) is 28.8 Å². The molecule has 2 aromatic rings. The molecular weight excluding hydrogens is 264 g/mol. The summed E-state index contributed by atoms with van der Waals surface area (Å²) in [6.07, 6.45) is 0.106. The average Bonchev–Trinajstić information content (AvgIpc) is 3.07. The van der Waals surface area contributed by atoms with E-state index in [9.17, 15) is 10.3 Å². The van der Waals surface area contributed by atoms with Gasteiger partial charge in [-0.2, -0.15) is 4.98 Å². The van der Waals surface area contributed by atoms with Crippen molar-refractivity contribution in [3.63, 3.8) is 0 Å². The van der Waals surface area contributed by atoms with Crippen LogP contribution < -0.4 is 10.5 Å². The highest BCUT2D eigenvalue weighted by Crippen LogP contribution is 2.26. The smallest absolute Gasteiger partial charge is 0.244 e. The van der Waals surface area contributed by atoms with Crippen molar-refractivity contribution in [2.45, 2.75) is 18.6 Å². The number of nitrogens with zero attached hydrogens (tertiary/aromatic N) is 3. The van der Waals surface area contributed by atoms with Gasteiger partial charge in [-0.1, -0.05) is 17.3 Å². The van der Waals surface area contributed by atoms with Crippen molar-refractivity contribution in [1.29, 1.82) is 0 Å². The minimum Gasteiger partial charge on any atom is -0.733 e. The van der Waals surface area contributed by atoms with Crippen LogP contribution in [0.1, 0.15) is 18.4 Å². The lowest BCUT2D eigenvalue weighted by Gasteiger charge is -2.21. The van der Waals surface area contributed by atoms with Gasteiger partial charge in [0.05, 0.1) is 17.8 Å². The van der Waals surface area contributed by atoms with E-state index in [1.165, 1.54) is 12.1 Å². The van der Waals surface area contributed by atoms with Crippen molar-refractivity contribution in [3.05, 3.63) is 35.4 Å². The molecule has 0 aliphatic carbocycles. The molecule has 0 spiro atoms. The van der Waals surface area contributed by atoms with Crippen molar-refractivity contribution in [2.75, 3.05) is 11.8 Å². The van der Waals surface area contributed by atoms with E-state index in [2.05, 4.69) is 15.5 Å². The van der Waals surface area contributed by atoms with Gasteiger partial charge in [-0.25, -0.2) is 0 Å². The molecule has 1 aromatic heterocycles. The Kier molecular flexibility index (Phi) is 3.36. The minimum atomic E-state index is -0.415. The average molecular weight is 277 g/mol. The number of hydrogen-bond acceptors (Lipinski definition) is 8.